The van der Waals surface area contributed by atoms with Crippen LogP contribution < -0.4 is 0 Å². The van der Waals surface area contributed by atoms with Gasteiger partial charge in [0.15, 0.2) is 0 Å². The van der Waals surface area contributed by atoms with Gasteiger partial charge in [0.1, 0.15) is 11.2 Å². The first-order valence-corrected chi connectivity index (χ1v) is 5.38. The fourth-order valence-corrected chi connectivity index (χ4v) is 1.92. The minimum Gasteiger partial charge on any atom is -0.335 e. The van der Waals surface area contributed by atoms with Crippen LogP contribution in [-0.4, -0.2) is 15.7 Å². The second-order valence-corrected chi connectivity index (χ2v) is 4.35. The zero-order valence-electron chi connectivity index (χ0n) is 9.22. The highest BCUT2D eigenvalue weighted by Gasteiger charge is 2.37. The van der Waals surface area contributed by atoms with E-state index in [9.17, 15) is 13.2 Å². The molecule has 2 aromatic rings. The lowest BCUT2D eigenvalue weighted by molar-refractivity contribution is -0.162. The Balaban J connectivity index is 2.66. The summed E-state index contributed by atoms with van der Waals surface area (Å²) in [5, 5.41) is 0.872. The number of hydrogen-bond donors (Lipinski definition) is 0. The molecule has 0 aliphatic carbocycles. The largest absolute Gasteiger partial charge is 0.408 e. The second kappa shape index (κ2) is 3.91. The summed E-state index contributed by atoms with van der Waals surface area (Å²) in [7, 11) is 0. The molecular weight excluding hydrogens is 253 g/mol. The van der Waals surface area contributed by atoms with E-state index < -0.39 is 12.2 Å². The van der Waals surface area contributed by atoms with E-state index in [-0.39, 0.29) is 5.15 Å². The third-order valence-corrected chi connectivity index (χ3v) is 2.98. The van der Waals surface area contributed by atoms with Gasteiger partial charge >= 0.3 is 6.18 Å². The number of rotatable bonds is 1. The summed E-state index contributed by atoms with van der Waals surface area (Å²) in [5.41, 5.74) is 1.20. The summed E-state index contributed by atoms with van der Waals surface area (Å²) >= 11 is 5.71. The number of hydrogen-bond acceptors (Lipinski definition) is 1. The third kappa shape index (κ3) is 2.11. The van der Waals surface area contributed by atoms with Gasteiger partial charge in [-0.2, -0.15) is 13.2 Å². The van der Waals surface area contributed by atoms with Gasteiger partial charge in [-0.15, -0.1) is 0 Å². The zero-order valence-corrected chi connectivity index (χ0v) is 9.97. The molecule has 2 aromatic heterocycles. The van der Waals surface area contributed by atoms with Crippen molar-refractivity contribution in [3.63, 3.8) is 0 Å². The summed E-state index contributed by atoms with van der Waals surface area (Å²) in [4.78, 5) is 3.87. The summed E-state index contributed by atoms with van der Waals surface area (Å²) in [6.45, 7) is 2.87. The van der Waals surface area contributed by atoms with Crippen molar-refractivity contribution in [3.8, 4) is 0 Å². The number of fused-ring (bicyclic) bond motifs is 1. The van der Waals surface area contributed by atoms with Crippen LogP contribution in [0.1, 0.15) is 18.5 Å². The van der Waals surface area contributed by atoms with Crippen molar-refractivity contribution in [2.24, 2.45) is 0 Å². The predicted octanol–water partition coefficient (Wildman–Crippen LogP) is 4.12. The number of aryl methyl sites for hydroxylation is 1. The van der Waals surface area contributed by atoms with Crippen LogP contribution in [0.2, 0.25) is 5.15 Å². The number of pyridine rings is 1. The average Bonchev–Trinajstić information content (AvgIpc) is 2.53. The highest BCUT2D eigenvalue weighted by Crippen LogP contribution is 2.34. The van der Waals surface area contributed by atoms with E-state index in [0.717, 1.165) is 12.5 Å². The van der Waals surface area contributed by atoms with Crippen molar-refractivity contribution >= 4 is 22.5 Å². The van der Waals surface area contributed by atoms with E-state index in [1.54, 1.807) is 6.92 Å². The third-order valence-electron chi connectivity index (χ3n) is 2.78. The van der Waals surface area contributed by atoms with E-state index >= 15 is 0 Å². The van der Waals surface area contributed by atoms with Crippen LogP contribution in [0.25, 0.3) is 10.9 Å². The van der Waals surface area contributed by atoms with Gasteiger partial charge in [0.25, 0.3) is 0 Å². The van der Waals surface area contributed by atoms with Gasteiger partial charge in [-0.1, -0.05) is 11.6 Å². The maximum Gasteiger partial charge on any atom is 0.408 e. The predicted molar refractivity (Wildman–Crippen MR) is 60.2 cm³/mol. The monoisotopic (exact) mass is 262 g/mol. The number of nitrogens with zero attached hydrogens (tertiary/aromatic N) is 2. The lowest BCUT2D eigenvalue weighted by atomic mass is 10.2. The minimum absolute atomic E-state index is 0.186. The average molecular weight is 263 g/mol. The van der Waals surface area contributed by atoms with Gasteiger partial charge in [0.2, 0.25) is 0 Å². The van der Waals surface area contributed by atoms with Crippen LogP contribution in [0.15, 0.2) is 18.5 Å². The molecule has 6 heteroatoms. The van der Waals surface area contributed by atoms with Crippen molar-refractivity contribution in [2.45, 2.75) is 26.1 Å². The molecule has 92 valence electrons. The quantitative estimate of drug-likeness (QED) is 0.707. The Labute approximate surface area is 101 Å². The van der Waals surface area contributed by atoms with Gasteiger partial charge in [-0.05, 0) is 25.5 Å². The topological polar surface area (TPSA) is 17.8 Å². The van der Waals surface area contributed by atoms with Gasteiger partial charge in [0.05, 0.1) is 5.52 Å². The molecule has 0 saturated heterocycles. The van der Waals surface area contributed by atoms with E-state index in [0.29, 0.717) is 10.9 Å². The van der Waals surface area contributed by atoms with Crippen LogP contribution in [0.3, 0.4) is 0 Å². The lowest BCUT2D eigenvalue weighted by Crippen LogP contribution is -2.23. The summed E-state index contributed by atoms with van der Waals surface area (Å²) < 4.78 is 39.3. The molecule has 0 spiro atoms. The van der Waals surface area contributed by atoms with Crippen molar-refractivity contribution in [3.05, 3.63) is 29.2 Å². The Kier molecular flexibility index (Phi) is 2.81. The van der Waals surface area contributed by atoms with Crippen molar-refractivity contribution < 1.29 is 13.2 Å². The molecule has 0 N–H and O–H groups in total. The molecule has 0 aliphatic heterocycles. The number of halogens is 4. The maximum atomic E-state index is 12.7. The van der Waals surface area contributed by atoms with Crippen LogP contribution >= 0.6 is 11.6 Å². The van der Waals surface area contributed by atoms with Crippen LogP contribution in [-0.2, 0) is 0 Å². The van der Waals surface area contributed by atoms with E-state index in [1.165, 1.54) is 23.0 Å². The first-order chi connectivity index (χ1) is 7.80. The first kappa shape index (κ1) is 12.2. The molecule has 2 rings (SSSR count). The Bertz CT molecular complexity index is 560. The standard InChI is InChI=1S/C11H10ClF3N2/c1-6-5-17(7(2)11(13,14)15)9-3-10(12)16-4-8(6)9/h3-5,7H,1-2H3. The Morgan fingerprint density at radius 1 is 1.41 bits per heavy atom. The summed E-state index contributed by atoms with van der Waals surface area (Å²) in [6, 6.07) is -0.135. The van der Waals surface area contributed by atoms with E-state index in [1.807, 2.05) is 0 Å². The molecule has 17 heavy (non-hydrogen) atoms. The fraction of sp³-hybridized carbons (Fsp3) is 0.364. The van der Waals surface area contributed by atoms with Gasteiger partial charge < -0.3 is 4.57 Å². The van der Waals surface area contributed by atoms with Crippen LogP contribution in [0, 0.1) is 6.92 Å². The fourth-order valence-electron chi connectivity index (χ4n) is 1.76. The van der Waals surface area contributed by atoms with E-state index in [4.69, 9.17) is 11.6 Å². The Morgan fingerprint density at radius 2 is 2.06 bits per heavy atom. The molecule has 2 heterocycles. The summed E-state index contributed by atoms with van der Waals surface area (Å²) in [5.74, 6) is 0. The second-order valence-electron chi connectivity index (χ2n) is 3.96. The number of alkyl halides is 3. The molecule has 0 saturated carbocycles. The Morgan fingerprint density at radius 3 is 2.65 bits per heavy atom. The highest BCUT2D eigenvalue weighted by atomic mass is 35.5. The van der Waals surface area contributed by atoms with Gasteiger partial charge in [-0.25, -0.2) is 4.98 Å². The zero-order chi connectivity index (χ0) is 12.8. The molecular formula is C11H10ClF3N2. The lowest BCUT2D eigenvalue weighted by Gasteiger charge is -2.18. The first-order valence-electron chi connectivity index (χ1n) is 5.00. The SMILES string of the molecule is Cc1cn(C(C)C(F)(F)F)c2cc(Cl)ncc12. The molecule has 0 bridgehead atoms. The summed E-state index contributed by atoms with van der Waals surface area (Å²) in [6.07, 6.45) is -1.32. The smallest absolute Gasteiger partial charge is 0.335 e. The van der Waals surface area contributed by atoms with Crippen molar-refractivity contribution in [2.75, 3.05) is 0 Å². The van der Waals surface area contributed by atoms with Crippen molar-refractivity contribution in [1.82, 2.24) is 9.55 Å². The highest BCUT2D eigenvalue weighted by molar-refractivity contribution is 6.30. The van der Waals surface area contributed by atoms with Crippen molar-refractivity contribution in [1.29, 1.82) is 0 Å². The molecule has 0 aromatic carbocycles. The molecule has 2 nitrogen and oxygen atoms in total. The Hall–Kier alpha value is -1.23. The number of aromatic nitrogens is 2. The van der Waals surface area contributed by atoms with E-state index in [2.05, 4.69) is 4.98 Å². The van der Waals surface area contributed by atoms with Crippen LogP contribution in [0.4, 0.5) is 13.2 Å². The molecule has 0 radical (unpaired) electrons. The minimum atomic E-state index is -4.28. The van der Waals surface area contributed by atoms with Crippen LogP contribution in [0.5, 0.6) is 0 Å². The normalized spacial score (nSPS) is 14.2. The van der Waals surface area contributed by atoms with Gasteiger partial charge in [0, 0.05) is 17.8 Å². The molecule has 1 unspecified atom stereocenters. The molecule has 0 fully saturated rings. The van der Waals surface area contributed by atoms with Gasteiger partial charge in [-0.3, -0.25) is 0 Å². The maximum absolute atomic E-state index is 12.7. The molecule has 1 atom stereocenters. The molecule has 0 amide bonds. The molecule has 0 aliphatic rings.